The zero-order valence-corrected chi connectivity index (χ0v) is 19.8. The van der Waals surface area contributed by atoms with Gasteiger partial charge in [0.1, 0.15) is 11.5 Å². The molecule has 1 fully saturated rings. The molecule has 0 spiro atoms. The van der Waals surface area contributed by atoms with Crippen molar-refractivity contribution in [3.05, 3.63) is 65.5 Å². The summed E-state index contributed by atoms with van der Waals surface area (Å²) in [7, 11) is 0. The number of likely N-dealkylation sites (tertiary alicyclic amines) is 1. The largest absolute Gasteiger partial charge is 0.507 e. The summed E-state index contributed by atoms with van der Waals surface area (Å²) in [5.41, 5.74) is 1.24. The van der Waals surface area contributed by atoms with Gasteiger partial charge in [-0.05, 0) is 54.9 Å². The molecule has 0 aliphatic carbocycles. The van der Waals surface area contributed by atoms with Crippen molar-refractivity contribution < 1.29 is 19.4 Å². The Kier molecular flexibility index (Phi) is 8.22. The number of nitrogens with zero attached hydrogens (tertiary/aromatic N) is 3. The number of benzene rings is 1. The molecule has 176 valence electrons. The third-order valence-electron chi connectivity index (χ3n) is 5.80. The lowest BCUT2D eigenvalue weighted by molar-refractivity contribution is -0.140. The number of aromatic nitrogens is 1. The highest BCUT2D eigenvalue weighted by Gasteiger charge is 2.46. The van der Waals surface area contributed by atoms with Gasteiger partial charge >= 0.3 is 0 Å². The van der Waals surface area contributed by atoms with Crippen molar-refractivity contribution in [2.24, 2.45) is 5.92 Å². The maximum atomic E-state index is 13.1. The molecule has 1 aliphatic rings. The van der Waals surface area contributed by atoms with Crippen molar-refractivity contribution in [1.82, 2.24) is 14.8 Å². The smallest absolute Gasteiger partial charge is 0.295 e. The molecule has 1 aliphatic heterocycles. The number of hydrogen-bond donors (Lipinski definition) is 1. The molecule has 7 heteroatoms. The Morgan fingerprint density at radius 3 is 2.42 bits per heavy atom. The van der Waals surface area contributed by atoms with Crippen LogP contribution >= 0.6 is 0 Å². The SMILES string of the molecule is CCN(CC)CCN1C(=O)C(=O)/C(=C(\O)c2ccc(OCC(C)C)cc2)C1c1cccnc1. The number of carbonyl (C=O) groups is 2. The first-order valence-electron chi connectivity index (χ1n) is 11.5. The van der Waals surface area contributed by atoms with Crippen molar-refractivity contribution in [3.63, 3.8) is 0 Å². The lowest BCUT2D eigenvalue weighted by Crippen LogP contribution is -2.38. The van der Waals surface area contributed by atoms with E-state index >= 15 is 0 Å². The fraction of sp³-hybridized carbons (Fsp3) is 0.423. The molecule has 0 bridgehead atoms. The van der Waals surface area contributed by atoms with E-state index in [-0.39, 0.29) is 11.3 Å². The molecule has 1 aromatic carbocycles. The third kappa shape index (κ3) is 5.60. The molecule has 2 heterocycles. The van der Waals surface area contributed by atoms with Crippen LogP contribution in [0.2, 0.25) is 0 Å². The van der Waals surface area contributed by atoms with E-state index in [1.54, 1.807) is 47.6 Å². The predicted octanol–water partition coefficient (Wildman–Crippen LogP) is 3.88. The normalized spacial score (nSPS) is 17.9. The lowest BCUT2D eigenvalue weighted by Gasteiger charge is -2.28. The Balaban J connectivity index is 1.98. The van der Waals surface area contributed by atoms with Gasteiger partial charge < -0.3 is 19.6 Å². The summed E-state index contributed by atoms with van der Waals surface area (Å²) >= 11 is 0. The van der Waals surface area contributed by atoms with Crippen molar-refractivity contribution in [1.29, 1.82) is 0 Å². The van der Waals surface area contributed by atoms with Crippen LogP contribution in [-0.4, -0.2) is 64.4 Å². The molecule has 1 aromatic heterocycles. The van der Waals surface area contributed by atoms with E-state index in [1.807, 2.05) is 6.07 Å². The number of aliphatic hydroxyl groups excluding tert-OH is 1. The van der Waals surface area contributed by atoms with E-state index in [0.717, 1.165) is 13.1 Å². The zero-order chi connectivity index (χ0) is 24.0. The number of hydrogen-bond acceptors (Lipinski definition) is 6. The average Bonchev–Trinajstić information content (AvgIpc) is 3.08. The summed E-state index contributed by atoms with van der Waals surface area (Å²) in [6, 6.07) is 9.82. The van der Waals surface area contributed by atoms with Crippen LogP contribution in [-0.2, 0) is 9.59 Å². The van der Waals surface area contributed by atoms with Gasteiger partial charge in [-0.15, -0.1) is 0 Å². The number of pyridine rings is 1. The fourth-order valence-electron chi connectivity index (χ4n) is 3.91. The first kappa shape index (κ1) is 24.5. The second-order valence-corrected chi connectivity index (χ2v) is 8.53. The van der Waals surface area contributed by atoms with Crippen LogP contribution in [0.15, 0.2) is 54.4 Å². The van der Waals surface area contributed by atoms with Gasteiger partial charge in [0, 0.05) is 31.0 Å². The molecule has 0 radical (unpaired) electrons. The van der Waals surface area contributed by atoms with Gasteiger partial charge in [-0.1, -0.05) is 33.8 Å². The Labute approximate surface area is 195 Å². The standard InChI is InChI=1S/C26H33N3O4/c1-5-28(6-2)14-15-29-23(20-8-7-13-27-16-20)22(25(31)26(29)32)24(30)19-9-11-21(12-10-19)33-17-18(3)4/h7-13,16,18,23,30H,5-6,14-15,17H2,1-4H3/b24-22-. The second kappa shape index (κ2) is 11.1. The van der Waals surface area contributed by atoms with Crippen LogP contribution in [0.4, 0.5) is 0 Å². The summed E-state index contributed by atoms with van der Waals surface area (Å²) in [6.07, 6.45) is 3.28. The van der Waals surface area contributed by atoms with E-state index in [2.05, 4.69) is 37.6 Å². The van der Waals surface area contributed by atoms with Gasteiger partial charge in [-0.2, -0.15) is 0 Å². The maximum Gasteiger partial charge on any atom is 0.295 e. The summed E-state index contributed by atoms with van der Waals surface area (Å²) in [5, 5.41) is 11.1. The van der Waals surface area contributed by atoms with Gasteiger partial charge in [-0.25, -0.2) is 0 Å². The molecule has 33 heavy (non-hydrogen) atoms. The fourth-order valence-corrected chi connectivity index (χ4v) is 3.91. The highest BCUT2D eigenvalue weighted by atomic mass is 16.5. The summed E-state index contributed by atoms with van der Waals surface area (Å²) in [4.78, 5) is 34.0. The number of aliphatic hydroxyl groups is 1. The highest BCUT2D eigenvalue weighted by molar-refractivity contribution is 6.46. The Morgan fingerprint density at radius 1 is 1.15 bits per heavy atom. The van der Waals surface area contributed by atoms with E-state index in [4.69, 9.17) is 4.74 Å². The summed E-state index contributed by atoms with van der Waals surface area (Å²) in [6.45, 7) is 11.6. The topological polar surface area (TPSA) is 83.0 Å². The minimum absolute atomic E-state index is 0.0865. The third-order valence-corrected chi connectivity index (χ3v) is 5.80. The van der Waals surface area contributed by atoms with Crippen molar-refractivity contribution >= 4 is 17.4 Å². The summed E-state index contributed by atoms with van der Waals surface area (Å²) in [5.74, 6) is -0.396. The minimum atomic E-state index is -0.689. The van der Waals surface area contributed by atoms with Crippen LogP contribution in [0.3, 0.4) is 0 Å². The van der Waals surface area contributed by atoms with E-state index in [1.165, 1.54) is 0 Å². The highest BCUT2D eigenvalue weighted by Crippen LogP contribution is 2.39. The molecule has 1 atom stereocenters. The molecule has 1 N–H and O–H groups in total. The molecule has 1 amide bonds. The van der Waals surface area contributed by atoms with Crippen LogP contribution in [0.1, 0.15) is 44.9 Å². The van der Waals surface area contributed by atoms with Gasteiger partial charge in [0.15, 0.2) is 0 Å². The average molecular weight is 452 g/mol. The molecule has 7 nitrogen and oxygen atoms in total. The lowest BCUT2D eigenvalue weighted by atomic mass is 9.96. The first-order chi connectivity index (χ1) is 15.9. The van der Waals surface area contributed by atoms with Crippen LogP contribution < -0.4 is 4.74 Å². The Bertz CT molecular complexity index is 982. The monoisotopic (exact) mass is 451 g/mol. The Morgan fingerprint density at radius 2 is 1.85 bits per heavy atom. The summed E-state index contributed by atoms with van der Waals surface area (Å²) < 4.78 is 5.71. The number of ketones is 1. The second-order valence-electron chi connectivity index (χ2n) is 8.53. The van der Waals surface area contributed by atoms with Gasteiger partial charge in [-0.3, -0.25) is 14.6 Å². The van der Waals surface area contributed by atoms with Crippen molar-refractivity contribution in [2.75, 3.05) is 32.8 Å². The molecule has 0 saturated carbocycles. The van der Waals surface area contributed by atoms with E-state index in [9.17, 15) is 14.7 Å². The minimum Gasteiger partial charge on any atom is -0.507 e. The molecule has 3 rings (SSSR count). The van der Waals surface area contributed by atoms with Crippen LogP contribution in [0.5, 0.6) is 5.75 Å². The maximum absolute atomic E-state index is 13.1. The predicted molar refractivity (Wildman–Crippen MR) is 128 cm³/mol. The number of carbonyl (C=O) groups excluding carboxylic acids is 2. The number of rotatable bonds is 10. The van der Waals surface area contributed by atoms with Gasteiger partial charge in [0.25, 0.3) is 11.7 Å². The Hall–Kier alpha value is -3.19. The number of ether oxygens (including phenoxy) is 1. The quantitative estimate of drug-likeness (QED) is 0.335. The van der Waals surface area contributed by atoms with Crippen LogP contribution in [0, 0.1) is 5.92 Å². The molecular formula is C26H33N3O4. The number of amides is 1. The number of Topliss-reactive ketones (excluding diaryl/α,β-unsaturated/α-hetero) is 1. The van der Waals surface area contributed by atoms with Crippen molar-refractivity contribution in [2.45, 2.75) is 33.7 Å². The van der Waals surface area contributed by atoms with Gasteiger partial charge in [0.2, 0.25) is 0 Å². The number of likely N-dealkylation sites (N-methyl/N-ethyl adjacent to an activating group) is 1. The van der Waals surface area contributed by atoms with Gasteiger partial charge in [0.05, 0.1) is 18.2 Å². The van der Waals surface area contributed by atoms with E-state index < -0.39 is 17.7 Å². The first-order valence-corrected chi connectivity index (χ1v) is 11.5. The van der Waals surface area contributed by atoms with E-state index in [0.29, 0.717) is 42.5 Å². The van der Waals surface area contributed by atoms with Crippen LogP contribution in [0.25, 0.3) is 5.76 Å². The molecule has 1 unspecified atom stereocenters. The molecule has 1 saturated heterocycles. The van der Waals surface area contributed by atoms with Crippen molar-refractivity contribution in [3.8, 4) is 5.75 Å². The molecule has 2 aromatic rings. The zero-order valence-electron chi connectivity index (χ0n) is 19.8. The molecular weight excluding hydrogens is 418 g/mol.